The van der Waals surface area contributed by atoms with Crippen LogP contribution in [0.3, 0.4) is 0 Å². The van der Waals surface area contributed by atoms with Crippen LogP contribution in [0.4, 0.5) is 0 Å². The monoisotopic (exact) mass is 203 g/mol. The van der Waals surface area contributed by atoms with Gasteiger partial charge in [-0.15, -0.1) is 0 Å². The molecule has 0 atom stereocenters. The Morgan fingerprint density at radius 2 is 2.07 bits per heavy atom. The number of aliphatic hydroxyl groups excluding tert-OH is 2. The summed E-state index contributed by atoms with van der Waals surface area (Å²) in [4.78, 5) is 1.89. The summed E-state index contributed by atoms with van der Waals surface area (Å²) in [5.74, 6) is 0.114. The first-order chi connectivity index (χ1) is 6.56. The van der Waals surface area contributed by atoms with Gasteiger partial charge in [0.25, 0.3) is 0 Å². The van der Waals surface area contributed by atoms with E-state index in [0.29, 0.717) is 26.2 Å². The van der Waals surface area contributed by atoms with E-state index in [4.69, 9.17) is 14.9 Å². The molecule has 0 saturated heterocycles. The summed E-state index contributed by atoms with van der Waals surface area (Å²) in [6, 6.07) is 0. The highest BCUT2D eigenvalue weighted by atomic mass is 16.5. The van der Waals surface area contributed by atoms with E-state index in [9.17, 15) is 0 Å². The molecule has 4 nitrogen and oxygen atoms in total. The van der Waals surface area contributed by atoms with Gasteiger partial charge in [-0.3, -0.25) is 4.90 Å². The van der Waals surface area contributed by atoms with Crippen molar-refractivity contribution in [3.8, 4) is 0 Å². The lowest BCUT2D eigenvalue weighted by molar-refractivity contribution is 0.0552. The number of aliphatic hydroxyl groups is 2. The van der Waals surface area contributed by atoms with Gasteiger partial charge in [0.2, 0.25) is 0 Å². The summed E-state index contributed by atoms with van der Waals surface area (Å²) in [6.45, 7) is 9.65. The molecule has 0 aromatic rings. The number of nitrogens with zero attached hydrogens (tertiary/aromatic N) is 1. The van der Waals surface area contributed by atoms with Crippen LogP contribution in [-0.4, -0.2) is 54.1 Å². The van der Waals surface area contributed by atoms with Gasteiger partial charge >= 0.3 is 0 Å². The minimum Gasteiger partial charge on any atom is -0.512 e. The molecule has 0 amide bonds. The zero-order valence-corrected chi connectivity index (χ0v) is 9.07. The lowest BCUT2D eigenvalue weighted by atomic mass is 10.4. The van der Waals surface area contributed by atoms with Gasteiger partial charge in [0.1, 0.15) is 0 Å². The third-order valence-corrected chi connectivity index (χ3v) is 1.68. The molecule has 0 spiro atoms. The first-order valence-corrected chi connectivity index (χ1v) is 4.87. The second-order valence-corrected chi connectivity index (χ2v) is 3.49. The van der Waals surface area contributed by atoms with Crippen LogP contribution in [0.25, 0.3) is 0 Å². The average molecular weight is 203 g/mol. The molecule has 0 bridgehead atoms. The van der Waals surface area contributed by atoms with Crippen molar-refractivity contribution in [3.63, 3.8) is 0 Å². The van der Waals surface area contributed by atoms with E-state index < -0.39 is 0 Å². The van der Waals surface area contributed by atoms with Crippen LogP contribution < -0.4 is 0 Å². The second kappa shape index (κ2) is 7.79. The van der Waals surface area contributed by atoms with Crippen molar-refractivity contribution in [1.29, 1.82) is 0 Å². The largest absolute Gasteiger partial charge is 0.512 e. The van der Waals surface area contributed by atoms with Gasteiger partial charge < -0.3 is 14.9 Å². The van der Waals surface area contributed by atoms with Gasteiger partial charge in [-0.1, -0.05) is 6.58 Å². The number of ether oxygens (including phenoxy) is 1. The van der Waals surface area contributed by atoms with Crippen molar-refractivity contribution in [3.05, 3.63) is 12.3 Å². The Morgan fingerprint density at radius 1 is 1.43 bits per heavy atom. The number of rotatable bonds is 8. The molecule has 14 heavy (non-hydrogen) atoms. The summed E-state index contributed by atoms with van der Waals surface area (Å²) < 4.78 is 5.37. The maximum atomic E-state index is 9.00. The zero-order valence-electron chi connectivity index (χ0n) is 9.07. The van der Waals surface area contributed by atoms with Crippen LogP contribution in [0.1, 0.15) is 13.8 Å². The van der Waals surface area contributed by atoms with Gasteiger partial charge in [-0.25, -0.2) is 0 Å². The van der Waals surface area contributed by atoms with E-state index in [1.807, 2.05) is 18.7 Å². The molecule has 0 heterocycles. The predicted octanol–water partition coefficient (Wildman–Crippen LogP) is 0.777. The SMILES string of the molecule is C=C(O)CN(CCO)CCOC(C)C. The highest BCUT2D eigenvalue weighted by Gasteiger charge is 2.05. The van der Waals surface area contributed by atoms with Gasteiger partial charge in [0.15, 0.2) is 0 Å². The molecule has 0 fully saturated rings. The van der Waals surface area contributed by atoms with Crippen molar-refractivity contribution < 1.29 is 14.9 Å². The predicted molar refractivity (Wildman–Crippen MR) is 56.4 cm³/mol. The Hall–Kier alpha value is -0.580. The average Bonchev–Trinajstić information content (AvgIpc) is 2.02. The van der Waals surface area contributed by atoms with Crippen molar-refractivity contribution in [2.45, 2.75) is 20.0 Å². The van der Waals surface area contributed by atoms with E-state index in [2.05, 4.69) is 6.58 Å². The van der Waals surface area contributed by atoms with Gasteiger partial charge in [-0.2, -0.15) is 0 Å². The van der Waals surface area contributed by atoms with Crippen molar-refractivity contribution in [2.24, 2.45) is 0 Å². The topological polar surface area (TPSA) is 52.9 Å². The minimum atomic E-state index is 0.0783. The van der Waals surface area contributed by atoms with E-state index in [1.54, 1.807) is 0 Å². The van der Waals surface area contributed by atoms with Crippen LogP contribution >= 0.6 is 0 Å². The maximum Gasteiger partial charge on any atom is 0.0991 e. The molecule has 0 aliphatic heterocycles. The molecule has 0 unspecified atom stereocenters. The molecule has 0 saturated carbocycles. The quantitative estimate of drug-likeness (QED) is 0.572. The third kappa shape index (κ3) is 8.04. The normalized spacial score (nSPS) is 11.2. The van der Waals surface area contributed by atoms with Gasteiger partial charge in [-0.05, 0) is 13.8 Å². The smallest absolute Gasteiger partial charge is 0.0991 e. The summed E-state index contributed by atoms with van der Waals surface area (Å²) in [6.07, 6.45) is 0.211. The summed E-state index contributed by atoms with van der Waals surface area (Å²) in [7, 11) is 0. The standard InChI is InChI=1S/C10H21NO3/c1-9(2)14-7-5-11(4-6-12)8-10(3)13/h9,12-13H,3-8H2,1-2H3. The Morgan fingerprint density at radius 3 is 2.50 bits per heavy atom. The molecule has 0 rings (SSSR count). The van der Waals surface area contributed by atoms with E-state index >= 15 is 0 Å². The van der Waals surface area contributed by atoms with E-state index in [0.717, 1.165) is 0 Å². The van der Waals surface area contributed by atoms with Crippen molar-refractivity contribution in [2.75, 3.05) is 32.8 Å². The highest BCUT2D eigenvalue weighted by Crippen LogP contribution is 1.95. The van der Waals surface area contributed by atoms with Gasteiger partial charge in [0, 0.05) is 13.1 Å². The molecule has 4 heteroatoms. The molecule has 0 aromatic heterocycles. The van der Waals surface area contributed by atoms with Crippen LogP contribution in [0.5, 0.6) is 0 Å². The zero-order chi connectivity index (χ0) is 11.0. The van der Waals surface area contributed by atoms with Crippen LogP contribution in [0, 0.1) is 0 Å². The Kier molecular flexibility index (Phi) is 7.47. The van der Waals surface area contributed by atoms with E-state index in [-0.39, 0.29) is 18.5 Å². The summed E-state index contributed by atoms with van der Waals surface area (Å²) in [5, 5.41) is 17.8. The van der Waals surface area contributed by atoms with Crippen LogP contribution in [-0.2, 0) is 4.74 Å². The first kappa shape index (κ1) is 13.4. The minimum absolute atomic E-state index is 0.0783. The van der Waals surface area contributed by atoms with Gasteiger partial charge in [0.05, 0.1) is 31.6 Å². The fraction of sp³-hybridized carbons (Fsp3) is 0.800. The molecule has 0 radical (unpaired) electrons. The lowest BCUT2D eigenvalue weighted by Crippen LogP contribution is -2.32. The summed E-state index contributed by atoms with van der Waals surface area (Å²) >= 11 is 0. The Bertz CT molecular complexity index is 159. The molecule has 84 valence electrons. The van der Waals surface area contributed by atoms with E-state index in [1.165, 1.54) is 0 Å². The van der Waals surface area contributed by atoms with Crippen molar-refractivity contribution in [1.82, 2.24) is 4.90 Å². The molecular weight excluding hydrogens is 182 g/mol. The molecular formula is C10H21NO3. The summed E-state index contributed by atoms with van der Waals surface area (Å²) in [5.41, 5.74) is 0. The van der Waals surface area contributed by atoms with Crippen LogP contribution in [0.2, 0.25) is 0 Å². The third-order valence-electron chi connectivity index (χ3n) is 1.68. The fourth-order valence-electron chi connectivity index (χ4n) is 1.09. The molecule has 0 aliphatic rings. The first-order valence-electron chi connectivity index (χ1n) is 4.87. The highest BCUT2D eigenvalue weighted by molar-refractivity contribution is 4.83. The second-order valence-electron chi connectivity index (χ2n) is 3.49. The van der Waals surface area contributed by atoms with Crippen LogP contribution in [0.15, 0.2) is 12.3 Å². The number of hydrogen-bond donors (Lipinski definition) is 2. The lowest BCUT2D eigenvalue weighted by Gasteiger charge is -2.20. The Balaban J connectivity index is 3.67. The molecule has 0 aliphatic carbocycles. The Labute approximate surface area is 85.8 Å². The number of hydrogen-bond acceptors (Lipinski definition) is 4. The van der Waals surface area contributed by atoms with Crippen molar-refractivity contribution >= 4 is 0 Å². The maximum absolute atomic E-state index is 9.00. The molecule has 0 aromatic carbocycles. The molecule has 2 N–H and O–H groups in total. The fourth-order valence-corrected chi connectivity index (χ4v) is 1.09.